The first-order valence-corrected chi connectivity index (χ1v) is 6.86. The average Bonchev–Trinajstić information content (AvgIpc) is 2.48. The summed E-state index contributed by atoms with van der Waals surface area (Å²) in [4.78, 5) is 33.7. The van der Waals surface area contributed by atoms with Gasteiger partial charge in [-0.05, 0) is 26.7 Å². The van der Waals surface area contributed by atoms with Gasteiger partial charge in [0.2, 0.25) is 0 Å². The van der Waals surface area contributed by atoms with Crippen molar-refractivity contribution >= 4 is 11.9 Å². The number of aryl methyl sites for hydroxylation is 1. The Bertz CT molecular complexity index is 479. The Balaban J connectivity index is 1.92. The molecule has 1 amide bonds. The average molecular weight is 277 g/mol. The van der Waals surface area contributed by atoms with Gasteiger partial charge >= 0.3 is 5.97 Å². The lowest BCUT2D eigenvalue weighted by Crippen LogP contribution is -2.41. The van der Waals surface area contributed by atoms with E-state index in [1.54, 1.807) is 18.0 Å². The molecule has 1 saturated heterocycles. The lowest BCUT2D eigenvalue weighted by molar-refractivity contribution is -0.149. The number of aromatic nitrogens is 2. The number of piperidine rings is 1. The SMILES string of the molecule is CCOC(=O)C1CCN(C(=O)c2cnc(C)cn2)CC1. The van der Waals surface area contributed by atoms with Gasteiger partial charge in [0.05, 0.1) is 24.4 Å². The number of hydrogen-bond acceptors (Lipinski definition) is 5. The molecule has 1 aliphatic rings. The van der Waals surface area contributed by atoms with Crippen molar-refractivity contribution in [3.05, 3.63) is 23.8 Å². The number of carbonyl (C=O) groups excluding carboxylic acids is 2. The molecule has 0 spiro atoms. The third kappa shape index (κ3) is 3.31. The predicted octanol–water partition coefficient (Wildman–Crippen LogP) is 1.20. The number of hydrogen-bond donors (Lipinski definition) is 0. The lowest BCUT2D eigenvalue weighted by atomic mass is 9.97. The summed E-state index contributed by atoms with van der Waals surface area (Å²) >= 11 is 0. The van der Waals surface area contributed by atoms with Crippen LogP contribution in [0.25, 0.3) is 0 Å². The van der Waals surface area contributed by atoms with Crippen molar-refractivity contribution in [2.24, 2.45) is 5.92 Å². The molecule has 0 aromatic carbocycles. The summed E-state index contributed by atoms with van der Waals surface area (Å²) < 4.78 is 5.01. The van der Waals surface area contributed by atoms with Crippen molar-refractivity contribution in [3.8, 4) is 0 Å². The molecule has 1 aromatic rings. The van der Waals surface area contributed by atoms with E-state index in [1.165, 1.54) is 6.20 Å². The second kappa shape index (κ2) is 6.45. The molecule has 0 unspecified atom stereocenters. The zero-order valence-electron chi connectivity index (χ0n) is 11.8. The molecule has 20 heavy (non-hydrogen) atoms. The molecular formula is C14H19N3O3. The fourth-order valence-electron chi connectivity index (χ4n) is 2.24. The highest BCUT2D eigenvalue weighted by Gasteiger charge is 2.29. The third-order valence-corrected chi connectivity index (χ3v) is 3.40. The van der Waals surface area contributed by atoms with E-state index in [-0.39, 0.29) is 17.8 Å². The topological polar surface area (TPSA) is 72.4 Å². The summed E-state index contributed by atoms with van der Waals surface area (Å²) in [5.41, 5.74) is 1.13. The van der Waals surface area contributed by atoms with Gasteiger partial charge < -0.3 is 9.64 Å². The lowest BCUT2D eigenvalue weighted by Gasteiger charge is -2.30. The van der Waals surface area contributed by atoms with Crippen LogP contribution in [-0.4, -0.2) is 46.4 Å². The van der Waals surface area contributed by atoms with Crippen molar-refractivity contribution in [2.45, 2.75) is 26.7 Å². The standard InChI is InChI=1S/C14H19N3O3/c1-3-20-14(19)11-4-6-17(7-5-11)13(18)12-9-15-10(2)8-16-12/h8-9,11H,3-7H2,1-2H3. The maximum Gasteiger partial charge on any atom is 0.309 e. The van der Waals surface area contributed by atoms with Crippen LogP contribution in [0.15, 0.2) is 12.4 Å². The Kier molecular flexibility index (Phi) is 4.65. The van der Waals surface area contributed by atoms with Crippen LogP contribution < -0.4 is 0 Å². The highest BCUT2D eigenvalue weighted by molar-refractivity contribution is 5.92. The Hall–Kier alpha value is -1.98. The van der Waals surface area contributed by atoms with Crippen LogP contribution in [0.1, 0.15) is 35.9 Å². The number of carbonyl (C=O) groups is 2. The van der Waals surface area contributed by atoms with Crippen molar-refractivity contribution in [3.63, 3.8) is 0 Å². The fraction of sp³-hybridized carbons (Fsp3) is 0.571. The van der Waals surface area contributed by atoms with E-state index >= 15 is 0 Å². The molecule has 0 bridgehead atoms. The van der Waals surface area contributed by atoms with Crippen LogP contribution >= 0.6 is 0 Å². The molecule has 2 heterocycles. The van der Waals surface area contributed by atoms with Gasteiger partial charge in [-0.25, -0.2) is 4.98 Å². The molecule has 1 aromatic heterocycles. The number of ether oxygens (including phenoxy) is 1. The van der Waals surface area contributed by atoms with E-state index < -0.39 is 0 Å². The number of likely N-dealkylation sites (tertiary alicyclic amines) is 1. The Labute approximate surface area is 118 Å². The van der Waals surface area contributed by atoms with Crippen molar-refractivity contribution < 1.29 is 14.3 Å². The van der Waals surface area contributed by atoms with Gasteiger partial charge in [-0.1, -0.05) is 0 Å². The van der Waals surface area contributed by atoms with Crippen molar-refractivity contribution in [1.29, 1.82) is 0 Å². The van der Waals surface area contributed by atoms with Gasteiger partial charge in [-0.3, -0.25) is 14.6 Å². The minimum atomic E-state index is -0.158. The summed E-state index contributed by atoms with van der Waals surface area (Å²) in [6, 6.07) is 0. The van der Waals surface area contributed by atoms with Crippen LogP contribution in [0.2, 0.25) is 0 Å². The largest absolute Gasteiger partial charge is 0.466 e. The molecule has 108 valence electrons. The molecule has 0 saturated carbocycles. The first-order chi connectivity index (χ1) is 9.61. The Morgan fingerprint density at radius 1 is 1.30 bits per heavy atom. The molecule has 1 fully saturated rings. The van der Waals surface area contributed by atoms with Crippen LogP contribution in [0.3, 0.4) is 0 Å². The van der Waals surface area contributed by atoms with Crippen LogP contribution in [0.4, 0.5) is 0 Å². The highest BCUT2D eigenvalue weighted by atomic mass is 16.5. The molecule has 6 heteroatoms. The van der Waals surface area contributed by atoms with Gasteiger partial charge in [0.15, 0.2) is 0 Å². The van der Waals surface area contributed by atoms with Gasteiger partial charge in [0.1, 0.15) is 5.69 Å². The molecule has 0 aliphatic carbocycles. The van der Waals surface area contributed by atoms with Crippen molar-refractivity contribution in [2.75, 3.05) is 19.7 Å². The van der Waals surface area contributed by atoms with E-state index in [2.05, 4.69) is 9.97 Å². The molecule has 0 N–H and O–H groups in total. The third-order valence-electron chi connectivity index (χ3n) is 3.40. The molecule has 0 atom stereocenters. The number of esters is 1. The zero-order chi connectivity index (χ0) is 14.5. The van der Waals surface area contributed by atoms with Gasteiger partial charge in [0.25, 0.3) is 5.91 Å². The number of rotatable bonds is 3. The van der Waals surface area contributed by atoms with Crippen LogP contribution in [-0.2, 0) is 9.53 Å². The summed E-state index contributed by atoms with van der Waals surface area (Å²) in [5.74, 6) is -0.377. The quantitative estimate of drug-likeness (QED) is 0.776. The zero-order valence-corrected chi connectivity index (χ0v) is 11.8. The maximum atomic E-state index is 12.2. The Morgan fingerprint density at radius 2 is 2.00 bits per heavy atom. The van der Waals surface area contributed by atoms with Crippen molar-refractivity contribution in [1.82, 2.24) is 14.9 Å². The maximum absolute atomic E-state index is 12.2. The normalized spacial score (nSPS) is 16.0. The second-order valence-electron chi connectivity index (χ2n) is 4.86. The van der Waals surface area contributed by atoms with Crippen LogP contribution in [0.5, 0.6) is 0 Å². The minimum absolute atomic E-state index is 0.0944. The minimum Gasteiger partial charge on any atom is -0.466 e. The van der Waals surface area contributed by atoms with Gasteiger partial charge in [-0.2, -0.15) is 0 Å². The monoisotopic (exact) mass is 277 g/mol. The fourth-order valence-corrected chi connectivity index (χ4v) is 2.24. The molecular weight excluding hydrogens is 258 g/mol. The molecule has 2 rings (SSSR count). The molecule has 0 radical (unpaired) electrons. The van der Waals surface area contributed by atoms with E-state index in [9.17, 15) is 9.59 Å². The van der Waals surface area contributed by atoms with Gasteiger partial charge in [-0.15, -0.1) is 0 Å². The van der Waals surface area contributed by atoms with E-state index in [4.69, 9.17) is 4.74 Å². The number of nitrogens with zero attached hydrogens (tertiary/aromatic N) is 3. The summed E-state index contributed by atoms with van der Waals surface area (Å²) in [6.07, 6.45) is 4.36. The summed E-state index contributed by atoms with van der Waals surface area (Å²) in [7, 11) is 0. The van der Waals surface area contributed by atoms with E-state index in [0.29, 0.717) is 38.2 Å². The second-order valence-corrected chi connectivity index (χ2v) is 4.86. The summed E-state index contributed by atoms with van der Waals surface area (Å²) in [6.45, 7) is 5.13. The van der Waals surface area contributed by atoms with Gasteiger partial charge in [0, 0.05) is 19.3 Å². The number of amides is 1. The smallest absolute Gasteiger partial charge is 0.309 e. The highest BCUT2D eigenvalue weighted by Crippen LogP contribution is 2.19. The first-order valence-electron chi connectivity index (χ1n) is 6.86. The first kappa shape index (κ1) is 14.4. The molecule has 1 aliphatic heterocycles. The van der Waals surface area contributed by atoms with Crippen LogP contribution in [0, 0.1) is 12.8 Å². The summed E-state index contributed by atoms with van der Waals surface area (Å²) in [5, 5.41) is 0. The molecule has 6 nitrogen and oxygen atoms in total. The Morgan fingerprint density at radius 3 is 2.55 bits per heavy atom. The van der Waals surface area contributed by atoms with E-state index in [0.717, 1.165) is 5.69 Å². The van der Waals surface area contributed by atoms with E-state index in [1.807, 2.05) is 6.92 Å². The predicted molar refractivity (Wildman–Crippen MR) is 72.0 cm³/mol.